The molecule has 0 aliphatic carbocycles. The van der Waals surface area contributed by atoms with E-state index in [2.05, 4.69) is 5.32 Å². The lowest BCUT2D eigenvalue weighted by Gasteiger charge is -2.10. The summed E-state index contributed by atoms with van der Waals surface area (Å²) in [4.78, 5) is 23.2. The van der Waals surface area contributed by atoms with Crippen LogP contribution in [-0.2, 0) is 11.2 Å². The molecule has 0 saturated heterocycles. The Morgan fingerprint density at radius 3 is 2.48 bits per heavy atom. The molecule has 1 amide bonds. The van der Waals surface area contributed by atoms with Gasteiger partial charge in [0.2, 0.25) is 5.91 Å². The van der Waals surface area contributed by atoms with Gasteiger partial charge in [-0.25, -0.2) is 4.79 Å². The number of phenolic OH excluding ortho intramolecular Hbond substituents is 2. The minimum Gasteiger partial charge on any atom is -0.508 e. The zero-order chi connectivity index (χ0) is 17.0. The molecule has 2 rings (SSSR count). The number of rotatable bonds is 5. The van der Waals surface area contributed by atoms with Crippen LogP contribution < -0.4 is 5.32 Å². The Morgan fingerprint density at radius 1 is 1.09 bits per heavy atom. The van der Waals surface area contributed by atoms with Gasteiger partial charge in [0.1, 0.15) is 11.5 Å². The molecule has 0 radical (unpaired) electrons. The van der Waals surface area contributed by atoms with Gasteiger partial charge in [-0.2, -0.15) is 0 Å². The van der Waals surface area contributed by atoms with Crippen LogP contribution in [-0.4, -0.2) is 27.2 Å². The van der Waals surface area contributed by atoms with Crippen molar-refractivity contribution >= 4 is 17.6 Å². The van der Waals surface area contributed by atoms with E-state index in [0.717, 1.165) is 5.56 Å². The third-order valence-electron chi connectivity index (χ3n) is 3.37. The molecule has 0 aliphatic rings. The van der Waals surface area contributed by atoms with E-state index < -0.39 is 5.97 Å². The summed E-state index contributed by atoms with van der Waals surface area (Å²) in [5, 5.41) is 30.6. The van der Waals surface area contributed by atoms with E-state index in [1.165, 1.54) is 24.3 Å². The van der Waals surface area contributed by atoms with E-state index in [0.29, 0.717) is 5.56 Å². The fourth-order valence-corrected chi connectivity index (χ4v) is 2.17. The summed E-state index contributed by atoms with van der Waals surface area (Å²) in [5.41, 5.74) is 1.64. The molecule has 0 atom stereocenters. The molecule has 0 spiro atoms. The lowest BCUT2D eigenvalue weighted by molar-refractivity contribution is -0.116. The van der Waals surface area contributed by atoms with Crippen molar-refractivity contribution in [3.8, 4) is 11.5 Å². The summed E-state index contributed by atoms with van der Waals surface area (Å²) < 4.78 is 0. The number of hydrogen-bond donors (Lipinski definition) is 4. The van der Waals surface area contributed by atoms with E-state index in [9.17, 15) is 19.8 Å². The third kappa shape index (κ3) is 4.23. The number of phenols is 2. The van der Waals surface area contributed by atoms with Gasteiger partial charge < -0.3 is 20.6 Å². The van der Waals surface area contributed by atoms with Gasteiger partial charge in [-0.1, -0.05) is 12.1 Å². The first kappa shape index (κ1) is 16.4. The van der Waals surface area contributed by atoms with Gasteiger partial charge in [0, 0.05) is 12.5 Å². The molecule has 0 aromatic heterocycles. The van der Waals surface area contributed by atoms with Gasteiger partial charge >= 0.3 is 5.97 Å². The quantitative estimate of drug-likeness (QED) is 0.678. The van der Waals surface area contributed by atoms with E-state index in [4.69, 9.17) is 5.11 Å². The number of aryl methyl sites for hydroxylation is 2. The van der Waals surface area contributed by atoms with Crippen molar-refractivity contribution in [2.45, 2.75) is 19.8 Å². The number of carbonyl (C=O) groups excluding carboxylic acids is 1. The molecule has 0 unspecified atom stereocenters. The first-order valence-corrected chi connectivity index (χ1v) is 7.01. The molecule has 120 valence electrons. The van der Waals surface area contributed by atoms with Crippen molar-refractivity contribution in [3.05, 3.63) is 53.1 Å². The van der Waals surface area contributed by atoms with Crippen molar-refractivity contribution in [1.82, 2.24) is 0 Å². The number of aromatic hydroxyl groups is 2. The lowest BCUT2D eigenvalue weighted by Crippen LogP contribution is -2.15. The topological polar surface area (TPSA) is 107 Å². The van der Waals surface area contributed by atoms with E-state index in [1.54, 1.807) is 19.1 Å². The second-order valence-electron chi connectivity index (χ2n) is 5.22. The molecular weight excluding hydrogens is 298 g/mol. The highest BCUT2D eigenvalue weighted by Crippen LogP contribution is 2.24. The molecule has 2 aromatic carbocycles. The first-order chi connectivity index (χ1) is 10.9. The number of amides is 1. The molecule has 2 aromatic rings. The maximum Gasteiger partial charge on any atom is 0.337 e. The van der Waals surface area contributed by atoms with Crippen LogP contribution in [0, 0.1) is 6.92 Å². The number of anilines is 1. The number of nitrogens with one attached hydrogen (secondary N) is 1. The van der Waals surface area contributed by atoms with Crippen molar-refractivity contribution < 1.29 is 24.9 Å². The number of carboxylic acid groups (broad SMARTS) is 1. The van der Waals surface area contributed by atoms with Crippen molar-refractivity contribution in [1.29, 1.82) is 0 Å². The molecule has 0 aliphatic heterocycles. The second-order valence-corrected chi connectivity index (χ2v) is 5.22. The lowest BCUT2D eigenvalue weighted by atomic mass is 10.1. The van der Waals surface area contributed by atoms with Gasteiger partial charge in [-0.15, -0.1) is 0 Å². The van der Waals surface area contributed by atoms with Crippen LogP contribution in [0.3, 0.4) is 0 Å². The van der Waals surface area contributed by atoms with Gasteiger partial charge in [-0.05, 0) is 42.7 Å². The molecule has 6 heteroatoms. The highest BCUT2D eigenvalue weighted by Gasteiger charge is 2.13. The van der Waals surface area contributed by atoms with E-state index in [-0.39, 0.29) is 41.5 Å². The fraction of sp³-hybridized carbons (Fsp3) is 0.176. The number of carbonyl (C=O) groups is 2. The SMILES string of the molecule is Cc1ccc(C(=O)O)c(NC(=O)CCc2ccc(O)cc2O)c1. The van der Waals surface area contributed by atoms with Crippen molar-refractivity contribution in [2.24, 2.45) is 0 Å². The van der Waals surface area contributed by atoms with Gasteiger partial charge in [0.05, 0.1) is 11.3 Å². The standard InChI is InChI=1S/C17H17NO5/c1-10-2-6-13(17(22)23)14(8-10)18-16(21)7-4-11-3-5-12(19)9-15(11)20/h2-3,5-6,8-9,19-20H,4,7H2,1H3,(H,18,21)(H,22,23). The maximum atomic E-state index is 12.0. The number of carboxylic acids is 1. The molecule has 0 fully saturated rings. The van der Waals surface area contributed by atoms with Gasteiger partial charge in [-0.3, -0.25) is 4.79 Å². The summed E-state index contributed by atoms with van der Waals surface area (Å²) in [6, 6.07) is 8.87. The minimum atomic E-state index is -1.11. The largest absolute Gasteiger partial charge is 0.508 e. The van der Waals surface area contributed by atoms with Crippen LogP contribution in [0.15, 0.2) is 36.4 Å². The zero-order valence-corrected chi connectivity index (χ0v) is 12.5. The van der Waals surface area contributed by atoms with Crippen LogP contribution in [0.4, 0.5) is 5.69 Å². The van der Waals surface area contributed by atoms with Crippen molar-refractivity contribution in [3.63, 3.8) is 0 Å². The monoisotopic (exact) mass is 315 g/mol. The summed E-state index contributed by atoms with van der Waals surface area (Å²) in [7, 11) is 0. The minimum absolute atomic E-state index is 0.0245. The van der Waals surface area contributed by atoms with E-state index in [1.807, 2.05) is 0 Å². The normalized spacial score (nSPS) is 10.3. The Bertz CT molecular complexity index is 755. The van der Waals surface area contributed by atoms with E-state index >= 15 is 0 Å². The predicted molar refractivity (Wildman–Crippen MR) is 84.9 cm³/mol. The summed E-state index contributed by atoms with van der Waals surface area (Å²) >= 11 is 0. The van der Waals surface area contributed by atoms with Crippen LogP contribution in [0.25, 0.3) is 0 Å². The number of aromatic carboxylic acids is 1. The average Bonchev–Trinajstić information content (AvgIpc) is 2.46. The Morgan fingerprint density at radius 2 is 1.83 bits per heavy atom. The predicted octanol–water partition coefficient (Wildman–Crippen LogP) is 2.68. The summed E-state index contributed by atoms with van der Waals surface area (Å²) in [6.45, 7) is 1.80. The number of hydrogen-bond acceptors (Lipinski definition) is 4. The summed E-state index contributed by atoms with van der Waals surface area (Å²) in [5.74, 6) is -1.61. The molecule has 6 nitrogen and oxygen atoms in total. The highest BCUT2D eigenvalue weighted by atomic mass is 16.4. The smallest absolute Gasteiger partial charge is 0.337 e. The second kappa shape index (κ2) is 6.83. The first-order valence-electron chi connectivity index (χ1n) is 7.01. The van der Waals surface area contributed by atoms with Crippen molar-refractivity contribution in [2.75, 3.05) is 5.32 Å². The van der Waals surface area contributed by atoms with Crippen LogP contribution >= 0.6 is 0 Å². The van der Waals surface area contributed by atoms with Gasteiger partial charge in [0.25, 0.3) is 0 Å². The molecular formula is C17H17NO5. The Balaban J connectivity index is 2.05. The Hall–Kier alpha value is -3.02. The van der Waals surface area contributed by atoms with Gasteiger partial charge in [0.15, 0.2) is 0 Å². The fourth-order valence-electron chi connectivity index (χ4n) is 2.17. The van der Waals surface area contributed by atoms with Crippen LogP contribution in [0.5, 0.6) is 11.5 Å². The highest BCUT2D eigenvalue weighted by molar-refractivity contribution is 6.00. The Labute approximate surface area is 133 Å². The molecule has 0 bridgehead atoms. The third-order valence-corrected chi connectivity index (χ3v) is 3.37. The Kier molecular flexibility index (Phi) is 4.85. The zero-order valence-electron chi connectivity index (χ0n) is 12.5. The maximum absolute atomic E-state index is 12.0. The summed E-state index contributed by atoms with van der Waals surface area (Å²) in [6.07, 6.45) is 0.345. The number of benzene rings is 2. The molecule has 23 heavy (non-hydrogen) atoms. The van der Waals surface area contributed by atoms with Crippen LogP contribution in [0.1, 0.15) is 27.9 Å². The molecule has 0 saturated carbocycles. The van der Waals surface area contributed by atoms with Crippen LogP contribution in [0.2, 0.25) is 0 Å². The molecule has 4 N–H and O–H groups in total. The average molecular weight is 315 g/mol. The molecule has 0 heterocycles.